The maximum absolute atomic E-state index is 14.9. The van der Waals surface area contributed by atoms with Crippen LogP contribution < -0.4 is 19.5 Å². The number of likely N-dealkylation sites (N-methyl/N-ethyl adjacent to an activating group) is 1. The standard InChI is InChI=1S/C28H34FN3O7S/c1-17-9-13-23(39-17)20-12-11-19(16-21(20)29)40(36,37)30-22-15-18(10-14-24(22)38-8)31(7)25(33)28(5,6)32(26(34)35)27(2,3)4/h9-16,30H,1-8H3,(H,34,35)/p-1. The van der Waals surface area contributed by atoms with Crippen molar-refractivity contribution in [3.63, 3.8) is 0 Å². The highest BCUT2D eigenvalue weighted by Gasteiger charge is 2.42. The number of benzene rings is 2. The second-order valence-electron chi connectivity index (χ2n) is 10.7. The van der Waals surface area contributed by atoms with E-state index in [1.807, 2.05) is 0 Å². The quantitative estimate of drug-likeness (QED) is 0.422. The summed E-state index contributed by atoms with van der Waals surface area (Å²) in [6.45, 7) is 9.56. The Morgan fingerprint density at radius 2 is 1.68 bits per heavy atom. The number of methoxy groups -OCH3 is 1. The lowest BCUT2D eigenvalue weighted by molar-refractivity contribution is -0.276. The third-order valence-electron chi connectivity index (χ3n) is 6.31. The van der Waals surface area contributed by atoms with Crippen LogP contribution in [0.2, 0.25) is 0 Å². The minimum Gasteiger partial charge on any atom is -0.530 e. The molecule has 1 heterocycles. The number of hydrogen-bond donors (Lipinski definition) is 1. The van der Waals surface area contributed by atoms with Crippen LogP contribution in [0, 0.1) is 12.7 Å². The number of nitrogens with one attached hydrogen (secondary N) is 1. The van der Waals surface area contributed by atoms with Crippen molar-refractivity contribution in [3.8, 4) is 17.1 Å². The molecule has 0 aliphatic rings. The molecular weight excluding hydrogens is 541 g/mol. The summed E-state index contributed by atoms with van der Waals surface area (Å²) < 4.78 is 54.4. The molecule has 1 N–H and O–H groups in total. The number of aryl methyl sites for hydroxylation is 1. The molecule has 0 fully saturated rings. The predicted molar refractivity (Wildman–Crippen MR) is 147 cm³/mol. The molecule has 1 aromatic heterocycles. The van der Waals surface area contributed by atoms with Crippen molar-refractivity contribution in [1.29, 1.82) is 0 Å². The lowest BCUT2D eigenvalue weighted by atomic mass is 9.93. The van der Waals surface area contributed by atoms with Gasteiger partial charge in [0, 0.05) is 18.3 Å². The van der Waals surface area contributed by atoms with E-state index in [4.69, 9.17) is 9.15 Å². The number of carbonyl (C=O) groups excluding carboxylic acids is 2. The van der Waals surface area contributed by atoms with Crippen molar-refractivity contribution in [2.75, 3.05) is 23.8 Å². The Hall–Kier alpha value is -4.06. The van der Waals surface area contributed by atoms with E-state index in [-0.39, 0.29) is 33.3 Å². The maximum Gasteiger partial charge on any atom is 0.262 e. The summed E-state index contributed by atoms with van der Waals surface area (Å²) in [5.74, 6) is -0.391. The van der Waals surface area contributed by atoms with Gasteiger partial charge in [0.05, 0.1) is 23.3 Å². The van der Waals surface area contributed by atoms with Crippen LogP contribution in [0.5, 0.6) is 5.75 Å². The highest BCUT2D eigenvalue weighted by Crippen LogP contribution is 2.34. The maximum atomic E-state index is 14.9. The van der Waals surface area contributed by atoms with E-state index in [1.54, 1.807) is 39.8 Å². The Kier molecular flexibility index (Phi) is 8.26. The molecule has 10 nitrogen and oxygen atoms in total. The highest BCUT2D eigenvalue weighted by molar-refractivity contribution is 7.92. The average molecular weight is 575 g/mol. The van der Waals surface area contributed by atoms with E-state index in [1.165, 1.54) is 63.2 Å². The topological polar surface area (TPSA) is 132 Å². The van der Waals surface area contributed by atoms with Gasteiger partial charge in [0.2, 0.25) is 0 Å². The molecule has 3 rings (SSSR count). The summed E-state index contributed by atoms with van der Waals surface area (Å²) in [6, 6.07) is 11.0. The average Bonchev–Trinajstić information content (AvgIpc) is 3.27. The lowest BCUT2D eigenvalue weighted by Crippen LogP contribution is -2.66. The first-order valence-electron chi connectivity index (χ1n) is 12.3. The van der Waals surface area contributed by atoms with Gasteiger partial charge >= 0.3 is 0 Å². The highest BCUT2D eigenvalue weighted by atomic mass is 32.2. The van der Waals surface area contributed by atoms with Gasteiger partial charge in [-0.2, -0.15) is 0 Å². The fourth-order valence-corrected chi connectivity index (χ4v) is 5.67. The lowest BCUT2D eigenvalue weighted by Gasteiger charge is -2.48. The zero-order valence-corrected chi connectivity index (χ0v) is 24.5. The van der Waals surface area contributed by atoms with Crippen LogP contribution in [-0.2, 0) is 14.8 Å². The number of carbonyl (C=O) groups is 2. The van der Waals surface area contributed by atoms with Crippen LogP contribution in [0.3, 0.4) is 0 Å². The number of furan rings is 1. The Morgan fingerprint density at radius 1 is 1.02 bits per heavy atom. The van der Waals surface area contributed by atoms with Gasteiger partial charge in [-0.1, -0.05) is 0 Å². The number of carboxylic acid groups (broad SMARTS) is 1. The van der Waals surface area contributed by atoms with Crippen LogP contribution in [0.4, 0.5) is 20.6 Å². The zero-order chi connectivity index (χ0) is 30.2. The van der Waals surface area contributed by atoms with E-state index in [0.717, 1.165) is 11.0 Å². The third kappa shape index (κ3) is 6.06. The van der Waals surface area contributed by atoms with Crippen LogP contribution in [-0.4, -0.2) is 50.6 Å². The fraction of sp³-hybridized carbons (Fsp3) is 0.357. The van der Waals surface area contributed by atoms with Gasteiger partial charge in [0.1, 0.15) is 34.7 Å². The summed E-state index contributed by atoms with van der Waals surface area (Å²) in [5, 5.41) is 11.9. The first kappa shape index (κ1) is 30.5. The van der Waals surface area contributed by atoms with E-state index in [9.17, 15) is 27.5 Å². The van der Waals surface area contributed by atoms with Crippen molar-refractivity contribution in [2.45, 2.75) is 57.5 Å². The van der Waals surface area contributed by atoms with Gasteiger partial charge in [0.25, 0.3) is 15.9 Å². The van der Waals surface area contributed by atoms with Crippen LogP contribution in [0.1, 0.15) is 40.4 Å². The number of hydrogen-bond acceptors (Lipinski definition) is 7. The normalized spacial score (nSPS) is 12.1. The number of nitrogens with zero attached hydrogens (tertiary/aromatic N) is 2. The van der Waals surface area contributed by atoms with Crippen molar-refractivity contribution < 1.29 is 36.7 Å². The van der Waals surface area contributed by atoms with Crippen molar-refractivity contribution >= 4 is 33.4 Å². The molecule has 2 amide bonds. The fourth-order valence-electron chi connectivity index (χ4n) is 4.59. The van der Waals surface area contributed by atoms with Gasteiger partial charge in [-0.3, -0.25) is 9.52 Å². The second kappa shape index (κ2) is 10.8. The number of rotatable bonds is 8. The molecule has 0 aliphatic heterocycles. The smallest absolute Gasteiger partial charge is 0.262 e. The van der Waals surface area contributed by atoms with Gasteiger partial charge in [-0.15, -0.1) is 0 Å². The molecule has 0 unspecified atom stereocenters. The van der Waals surface area contributed by atoms with Crippen molar-refractivity contribution in [3.05, 3.63) is 60.1 Å². The molecule has 2 aromatic carbocycles. The monoisotopic (exact) mass is 574 g/mol. The largest absolute Gasteiger partial charge is 0.530 e. The SMILES string of the molecule is COc1ccc(N(C)C(=O)C(C)(C)N(C(=O)[O-])C(C)(C)C)cc1NS(=O)(=O)c1ccc(-c2ccc(C)o2)c(F)c1. The Labute approximate surface area is 233 Å². The molecule has 0 saturated carbocycles. The molecule has 3 aromatic rings. The van der Waals surface area contributed by atoms with E-state index in [2.05, 4.69) is 4.72 Å². The Morgan fingerprint density at radius 3 is 2.17 bits per heavy atom. The first-order valence-corrected chi connectivity index (χ1v) is 13.7. The minimum absolute atomic E-state index is 0.0174. The first-order chi connectivity index (χ1) is 18.4. The predicted octanol–water partition coefficient (Wildman–Crippen LogP) is 4.39. The number of amides is 2. The van der Waals surface area contributed by atoms with Gasteiger partial charge in [-0.25, -0.2) is 12.8 Å². The van der Waals surface area contributed by atoms with Crippen molar-refractivity contribution in [2.24, 2.45) is 0 Å². The Bertz CT molecular complexity index is 1540. The van der Waals surface area contributed by atoms with E-state index < -0.39 is 38.9 Å². The second-order valence-corrected chi connectivity index (χ2v) is 12.4. The summed E-state index contributed by atoms with van der Waals surface area (Å²) in [7, 11) is -1.52. The van der Waals surface area contributed by atoms with Crippen LogP contribution >= 0.6 is 0 Å². The van der Waals surface area contributed by atoms with E-state index in [0.29, 0.717) is 5.76 Å². The number of ether oxygens (including phenoxy) is 1. The molecule has 216 valence electrons. The summed E-state index contributed by atoms with van der Waals surface area (Å²) in [6.07, 6.45) is -1.51. The third-order valence-corrected chi connectivity index (χ3v) is 7.67. The molecule has 12 heteroatoms. The number of anilines is 2. The summed E-state index contributed by atoms with van der Waals surface area (Å²) in [4.78, 5) is 27.2. The summed E-state index contributed by atoms with van der Waals surface area (Å²) >= 11 is 0. The molecular formula is C28H33FN3O7S-. The molecule has 0 spiro atoms. The van der Waals surface area contributed by atoms with Gasteiger partial charge in [0.15, 0.2) is 0 Å². The zero-order valence-electron chi connectivity index (χ0n) is 23.7. The number of sulfonamides is 1. The minimum atomic E-state index is -4.30. The Balaban J connectivity index is 1.95. The molecule has 40 heavy (non-hydrogen) atoms. The molecule has 0 saturated heterocycles. The van der Waals surface area contributed by atoms with Gasteiger partial charge in [-0.05, 0) is 90.1 Å². The molecule has 0 bridgehead atoms. The van der Waals surface area contributed by atoms with E-state index >= 15 is 0 Å². The van der Waals surface area contributed by atoms with Crippen LogP contribution in [0.15, 0.2) is 57.8 Å². The van der Waals surface area contributed by atoms with Crippen LogP contribution in [0.25, 0.3) is 11.3 Å². The van der Waals surface area contributed by atoms with Gasteiger partial charge < -0.3 is 28.9 Å². The molecule has 0 aliphatic carbocycles. The summed E-state index contributed by atoms with van der Waals surface area (Å²) in [5.41, 5.74) is -2.14. The molecule has 0 atom stereocenters. The molecule has 0 radical (unpaired) electrons. The van der Waals surface area contributed by atoms with Crippen molar-refractivity contribution in [1.82, 2.24) is 4.90 Å². The number of halogens is 1.